The molecule has 0 spiro atoms. The highest BCUT2D eigenvalue weighted by molar-refractivity contribution is 5.89. The summed E-state index contributed by atoms with van der Waals surface area (Å²) in [6.45, 7) is 0.840. The first-order valence-electron chi connectivity index (χ1n) is 19.1. The molecule has 1 aliphatic carbocycles. The molecule has 6 atom stereocenters. The van der Waals surface area contributed by atoms with Crippen molar-refractivity contribution in [3.05, 3.63) is 124 Å². The van der Waals surface area contributed by atoms with Crippen LogP contribution in [0.3, 0.4) is 0 Å². The van der Waals surface area contributed by atoms with Gasteiger partial charge in [-0.1, -0.05) is 48.6 Å². The number of aliphatic hydroxyl groups is 3. The highest BCUT2D eigenvalue weighted by atomic mass is 19.4. The zero-order chi connectivity index (χ0) is 44.5. The fourth-order valence-corrected chi connectivity index (χ4v) is 6.30. The van der Waals surface area contributed by atoms with E-state index in [1.165, 1.54) is 62.6 Å². The number of nitrogens with zero attached hydrogens (tertiary/aromatic N) is 1. The van der Waals surface area contributed by atoms with Gasteiger partial charge in [-0.05, 0) is 91.8 Å². The molecule has 328 valence electrons. The van der Waals surface area contributed by atoms with E-state index < -0.39 is 59.0 Å². The van der Waals surface area contributed by atoms with Gasteiger partial charge in [-0.2, -0.15) is 13.2 Å². The summed E-state index contributed by atoms with van der Waals surface area (Å²) in [7, 11) is 1.36. The lowest BCUT2D eigenvalue weighted by molar-refractivity contribution is -0.763. The van der Waals surface area contributed by atoms with Crippen LogP contribution in [0.2, 0.25) is 0 Å². The van der Waals surface area contributed by atoms with Gasteiger partial charge in [0.15, 0.2) is 11.5 Å². The van der Waals surface area contributed by atoms with E-state index in [0.29, 0.717) is 30.4 Å². The second kappa shape index (κ2) is 22.9. The molecule has 1 aliphatic rings. The van der Waals surface area contributed by atoms with E-state index >= 15 is 0 Å². The van der Waals surface area contributed by atoms with Crippen LogP contribution in [0, 0.1) is 22.0 Å². The van der Waals surface area contributed by atoms with Gasteiger partial charge in [0.25, 0.3) is 5.09 Å². The van der Waals surface area contributed by atoms with Crippen LogP contribution in [0.1, 0.15) is 55.7 Å². The fraction of sp³-hybridized carbons (Fsp3) is 0.372. The van der Waals surface area contributed by atoms with Gasteiger partial charge < -0.3 is 44.4 Å². The Morgan fingerprint density at radius 2 is 1.74 bits per heavy atom. The summed E-state index contributed by atoms with van der Waals surface area (Å²) in [6, 6.07) is 13.9. The molecule has 0 aliphatic heterocycles. The van der Waals surface area contributed by atoms with E-state index in [1.807, 2.05) is 12.2 Å². The molecule has 18 heteroatoms. The minimum absolute atomic E-state index is 0.0552. The number of carbonyl (C=O) groups excluding carboxylic acids is 3. The van der Waals surface area contributed by atoms with E-state index in [0.717, 1.165) is 18.2 Å². The molecule has 4 N–H and O–H groups in total. The number of methoxy groups -OCH3 is 1. The van der Waals surface area contributed by atoms with Crippen LogP contribution >= 0.6 is 0 Å². The Bertz CT molecular complexity index is 2060. The molecule has 0 heterocycles. The highest BCUT2D eigenvalue weighted by Gasteiger charge is 2.39. The topological polar surface area (TPSA) is 213 Å². The van der Waals surface area contributed by atoms with Crippen molar-refractivity contribution in [1.82, 2.24) is 5.32 Å². The number of ether oxygens (including phenoxy) is 4. The van der Waals surface area contributed by atoms with Gasteiger partial charge in [-0.15, -0.1) is 10.1 Å². The molecule has 0 radical (unpaired) electrons. The van der Waals surface area contributed by atoms with Crippen LogP contribution in [-0.4, -0.2) is 76.3 Å². The number of alkyl halides is 3. The molecule has 1 amide bonds. The number of aliphatic hydroxyl groups excluding tert-OH is 3. The molecular formula is C43H47F3N2O13. The number of esters is 2. The summed E-state index contributed by atoms with van der Waals surface area (Å²) in [5, 5.41) is 43.5. The van der Waals surface area contributed by atoms with Gasteiger partial charge in [0.1, 0.15) is 36.9 Å². The fourth-order valence-electron chi connectivity index (χ4n) is 6.30. The first-order chi connectivity index (χ1) is 29.0. The summed E-state index contributed by atoms with van der Waals surface area (Å²) >= 11 is 0. The molecule has 61 heavy (non-hydrogen) atoms. The zero-order valence-electron chi connectivity index (χ0n) is 33.2. The van der Waals surface area contributed by atoms with Crippen LogP contribution < -0.4 is 24.3 Å². The second-order valence-corrected chi connectivity index (χ2v) is 14.0. The van der Waals surface area contributed by atoms with Crippen molar-refractivity contribution in [3.63, 3.8) is 0 Å². The molecule has 1 unspecified atom stereocenters. The summed E-state index contributed by atoms with van der Waals surface area (Å²) in [6.07, 6.45) is 3.42. The molecule has 15 nitrogen and oxygen atoms in total. The minimum Gasteiger partial charge on any atom is -0.493 e. The number of nitrogens with one attached hydrogen (secondary N) is 1. The molecule has 1 fully saturated rings. The SMILES string of the molecule is COc1cc(/C=C/C(=O)Oc2cccc(CO[N+](=O)[O-])c2)ccc1OC(=O)C(C)NC(=O)CCC/C=C\C[C@@H]1[C@@H](/C=C/[C@@H](O)COc2cccc(C(F)(F)F)c2)[C@H](O)C[C@@H]1O. The number of hydrogen-bond donors (Lipinski definition) is 4. The molecular weight excluding hydrogens is 809 g/mol. The summed E-state index contributed by atoms with van der Waals surface area (Å²) in [4.78, 5) is 52.5. The van der Waals surface area contributed by atoms with Gasteiger partial charge in [-0.25, -0.2) is 9.59 Å². The van der Waals surface area contributed by atoms with Crippen LogP contribution in [0.15, 0.2) is 97.1 Å². The molecule has 0 aromatic heterocycles. The number of rotatable bonds is 21. The summed E-state index contributed by atoms with van der Waals surface area (Å²) in [5.41, 5.74) is 0.0541. The monoisotopic (exact) mass is 856 g/mol. The lowest BCUT2D eigenvalue weighted by atomic mass is 9.89. The van der Waals surface area contributed by atoms with E-state index in [2.05, 4.69) is 10.2 Å². The Morgan fingerprint density at radius 1 is 0.984 bits per heavy atom. The van der Waals surface area contributed by atoms with E-state index in [9.17, 15) is 53.0 Å². The average molecular weight is 857 g/mol. The molecule has 3 aromatic rings. The Morgan fingerprint density at radius 3 is 2.48 bits per heavy atom. The largest absolute Gasteiger partial charge is 0.493 e. The second-order valence-electron chi connectivity index (χ2n) is 14.0. The standard InChI is InChI=1S/C43H47F3N2O13/c1-27(42(54)61-38-19-15-28(22-39(38)57-2)16-20-41(53)60-33-12-7-9-29(21-33)25-59-48(55)56)47-40(52)14-6-4-3-5-13-34-35(37(51)24-36(34)50)18-17-31(49)26-58-32-11-8-10-30(23-32)43(44,45)46/h3,5,7-12,15-23,27,31,34-37,49-51H,4,6,13-14,24-26H2,1-2H3,(H,47,52)/b5-3-,18-17+,20-16+/t27?,31-,34-,35-,36+,37-/m1/s1. The number of hydrogen-bond acceptors (Lipinski definition) is 13. The number of carbonyl (C=O) groups is 3. The summed E-state index contributed by atoms with van der Waals surface area (Å²) < 4.78 is 60.2. The van der Waals surface area contributed by atoms with Gasteiger partial charge in [0.05, 0.1) is 24.9 Å². The van der Waals surface area contributed by atoms with Gasteiger partial charge in [0, 0.05) is 24.8 Å². The van der Waals surface area contributed by atoms with Crippen molar-refractivity contribution in [2.75, 3.05) is 13.7 Å². The predicted octanol–water partition coefficient (Wildman–Crippen LogP) is 5.92. The van der Waals surface area contributed by atoms with Gasteiger partial charge in [0.2, 0.25) is 5.91 Å². The molecule has 0 bridgehead atoms. The lowest BCUT2D eigenvalue weighted by Crippen LogP contribution is -2.40. The normalized spacial score (nSPS) is 18.8. The third kappa shape index (κ3) is 15.7. The van der Waals surface area contributed by atoms with Crippen molar-refractivity contribution in [2.24, 2.45) is 11.8 Å². The highest BCUT2D eigenvalue weighted by Crippen LogP contribution is 2.37. The quantitative estimate of drug-likeness (QED) is 0.0187. The third-order valence-electron chi connectivity index (χ3n) is 9.40. The van der Waals surface area contributed by atoms with Crippen molar-refractivity contribution in [3.8, 4) is 23.0 Å². The lowest BCUT2D eigenvalue weighted by Gasteiger charge is -2.19. The molecule has 1 saturated carbocycles. The van der Waals surface area contributed by atoms with E-state index in [4.69, 9.17) is 18.9 Å². The van der Waals surface area contributed by atoms with Crippen LogP contribution in [0.5, 0.6) is 23.0 Å². The number of allylic oxidation sites excluding steroid dienone is 2. The van der Waals surface area contributed by atoms with Crippen LogP contribution in [0.25, 0.3) is 6.08 Å². The molecule has 0 saturated heterocycles. The minimum atomic E-state index is -4.54. The maximum atomic E-state index is 13.0. The number of unbranched alkanes of at least 4 members (excludes halogenated alkanes) is 1. The zero-order valence-corrected chi connectivity index (χ0v) is 33.2. The first kappa shape index (κ1) is 47.4. The van der Waals surface area contributed by atoms with Crippen molar-refractivity contribution >= 4 is 23.9 Å². The van der Waals surface area contributed by atoms with Crippen LogP contribution in [-0.2, 0) is 32.0 Å². The molecule has 4 rings (SSSR count). The Kier molecular flexibility index (Phi) is 17.8. The van der Waals surface area contributed by atoms with Gasteiger partial charge >= 0.3 is 18.1 Å². The number of benzene rings is 3. The maximum Gasteiger partial charge on any atom is 0.416 e. The summed E-state index contributed by atoms with van der Waals surface area (Å²) in [5.74, 6) is -2.37. The first-order valence-corrected chi connectivity index (χ1v) is 19.1. The van der Waals surface area contributed by atoms with Crippen molar-refractivity contribution in [2.45, 2.75) is 76.2 Å². The average Bonchev–Trinajstić information content (AvgIpc) is 3.49. The Balaban J connectivity index is 1.17. The molecule has 3 aromatic carbocycles. The van der Waals surface area contributed by atoms with Gasteiger partial charge in [-0.3, -0.25) is 4.79 Å². The smallest absolute Gasteiger partial charge is 0.416 e. The maximum absolute atomic E-state index is 13.0. The van der Waals surface area contributed by atoms with E-state index in [1.54, 1.807) is 24.3 Å². The third-order valence-corrected chi connectivity index (χ3v) is 9.40. The van der Waals surface area contributed by atoms with Crippen molar-refractivity contribution in [1.29, 1.82) is 0 Å². The number of halogens is 3. The Labute approximate surface area is 349 Å². The predicted molar refractivity (Wildman–Crippen MR) is 212 cm³/mol. The van der Waals surface area contributed by atoms with Crippen LogP contribution in [0.4, 0.5) is 13.2 Å². The Hall–Kier alpha value is -6.24. The van der Waals surface area contributed by atoms with E-state index in [-0.39, 0.29) is 60.9 Å². The number of amides is 1. The van der Waals surface area contributed by atoms with Crippen molar-refractivity contribution < 1.29 is 71.7 Å².